The van der Waals surface area contributed by atoms with E-state index in [1.807, 2.05) is 43.1 Å². The molecule has 1 atom stereocenters. The van der Waals surface area contributed by atoms with E-state index in [0.29, 0.717) is 12.2 Å². The number of rotatable bonds is 2. The molecule has 1 aliphatic rings. The van der Waals surface area contributed by atoms with E-state index in [2.05, 4.69) is 26.8 Å². The van der Waals surface area contributed by atoms with Crippen molar-refractivity contribution in [1.29, 1.82) is 0 Å². The number of aryl methyl sites for hydroxylation is 1. The topological polar surface area (TPSA) is 76.6 Å². The average Bonchev–Trinajstić information content (AvgIpc) is 2.98. The summed E-state index contributed by atoms with van der Waals surface area (Å²) < 4.78 is 5.30. The lowest BCUT2D eigenvalue weighted by molar-refractivity contribution is 0.415. The molecule has 6 nitrogen and oxygen atoms in total. The molecule has 1 unspecified atom stereocenters. The summed E-state index contributed by atoms with van der Waals surface area (Å²) in [5.41, 5.74) is 8.99. The first-order valence-electron chi connectivity index (χ1n) is 7.60. The minimum atomic E-state index is 0.0695. The Hall–Kier alpha value is -3.07. The third-order valence-electron chi connectivity index (χ3n) is 3.85. The third kappa shape index (κ3) is 3.15. The Kier molecular flexibility index (Phi) is 4.34. The van der Waals surface area contributed by atoms with Crippen molar-refractivity contribution in [2.45, 2.75) is 13.0 Å². The Labute approximate surface area is 141 Å². The fourth-order valence-corrected chi connectivity index (χ4v) is 2.51. The van der Waals surface area contributed by atoms with Crippen molar-refractivity contribution in [2.75, 3.05) is 26.4 Å². The molecule has 0 bridgehead atoms. The summed E-state index contributed by atoms with van der Waals surface area (Å²) in [5.74, 6) is 7.46. The predicted octanol–water partition coefficient (Wildman–Crippen LogP) is 1.74. The molecular formula is C18H19N5O. The minimum absolute atomic E-state index is 0.0695. The first-order valence-corrected chi connectivity index (χ1v) is 7.60. The van der Waals surface area contributed by atoms with E-state index < -0.39 is 0 Å². The number of ether oxygens (including phenoxy) is 1. The van der Waals surface area contributed by atoms with Crippen molar-refractivity contribution >= 4 is 12.3 Å². The highest BCUT2D eigenvalue weighted by Gasteiger charge is 2.15. The fourth-order valence-electron chi connectivity index (χ4n) is 2.51. The van der Waals surface area contributed by atoms with Crippen LogP contribution in [0.1, 0.15) is 11.3 Å². The van der Waals surface area contributed by atoms with Crippen molar-refractivity contribution in [1.82, 2.24) is 14.9 Å². The maximum absolute atomic E-state index is 5.85. The minimum Gasteiger partial charge on any atom is -0.497 e. The number of aliphatic imine (C=N–C) groups is 1. The molecule has 0 amide bonds. The fraction of sp³-hybridized carbons (Fsp3) is 0.278. The Morgan fingerprint density at radius 3 is 2.88 bits per heavy atom. The molecule has 1 aromatic heterocycles. The molecule has 1 aliphatic heterocycles. The van der Waals surface area contributed by atoms with E-state index in [0.717, 1.165) is 22.6 Å². The summed E-state index contributed by atoms with van der Waals surface area (Å²) in [4.78, 5) is 14.9. The highest BCUT2D eigenvalue weighted by Crippen LogP contribution is 2.26. The molecular weight excluding hydrogens is 302 g/mol. The van der Waals surface area contributed by atoms with Gasteiger partial charge in [-0.3, -0.25) is 4.99 Å². The van der Waals surface area contributed by atoms with Crippen LogP contribution in [0.3, 0.4) is 0 Å². The number of benzene rings is 1. The first-order chi connectivity index (χ1) is 11.6. The average molecular weight is 321 g/mol. The number of nitrogens with zero attached hydrogens (tertiary/aromatic N) is 4. The summed E-state index contributed by atoms with van der Waals surface area (Å²) in [6.07, 6.45) is 1.80. The second-order valence-corrected chi connectivity index (χ2v) is 5.55. The van der Waals surface area contributed by atoms with Crippen LogP contribution in [0.2, 0.25) is 0 Å². The van der Waals surface area contributed by atoms with E-state index in [4.69, 9.17) is 10.5 Å². The maximum Gasteiger partial charge on any atom is 0.220 e. The number of hydrogen-bond acceptors (Lipinski definition) is 6. The Balaban J connectivity index is 2.07. The van der Waals surface area contributed by atoms with Crippen molar-refractivity contribution < 1.29 is 4.74 Å². The maximum atomic E-state index is 5.85. The van der Waals surface area contributed by atoms with E-state index >= 15 is 0 Å². The highest BCUT2D eigenvalue weighted by molar-refractivity contribution is 5.70. The summed E-state index contributed by atoms with van der Waals surface area (Å²) in [7, 11) is 3.60. The van der Waals surface area contributed by atoms with E-state index in [9.17, 15) is 0 Å². The zero-order valence-corrected chi connectivity index (χ0v) is 13.9. The predicted molar refractivity (Wildman–Crippen MR) is 95.0 cm³/mol. The Morgan fingerprint density at radius 2 is 2.17 bits per heavy atom. The van der Waals surface area contributed by atoms with Gasteiger partial charge in [-0.2, -0.15) is 0 Å². The Bertz CT molecular complexity index is 850. The van der Waals surface area contributed by atoms with Gasteiger partial charge in [0.05, 0.1) is 36.9 Å². The third-order valence-corrected chi connectivity index (χ3v) is 3.85. The Morgan fingerprint density at radius 1 is 1.33 bits per heavy atom. The lowest BCUT2D eigenvalue weighted by atomic mass is 10.0. The normalized spacial score (nSPS) is 16.0. The number of hydrogen-bond donors (Lipinski definition) is 1. The number of anilines is 1. The lowest BCUT2D eigenvalue weighted by Gasteiger charge is -2.12. The van der Waals surface area contributed by atoms with Crippen molar-refractivity contribution in [3.63, 3.8) is 0 Å². The number of nitrogen functional groups attached to an aromatic ring is 1. The van der Waals surface area contributed by atoms with Crippen LogP contribution < -0.4 is 10.5 Å². The second kappa shape index (κ2) is 6.59. The van der Waals surface area contributed by atoms with Gasteiger partial charge in [-0.25, -0.2) is 9.97 Å². The zero-order valence-electron chi connectivity index (χ0n) is 13.9. The van der Waals surface area contributed by atoms with Gasteiger partial charge >= 0.3 is 0 Å². The van der Waals surface area contributed by atoms with E-state index in [1.54, 1.807) is 13.4 Å². The van der Waals surface area contributed by atoms with Crippen molar-refractivity contribution in [3.05, 3.63) is 35.5 Å². The monoisotopic (exact) mass is 321 g/mol. The standard InChI is InChI=1S/C18H19N5O/c1-12-16(8-7-14-10-20-11-23(14)2)17(22-18(19)21-12)13-5-4-6-15(9-13)24-3/h4-6,9,11,14H,10H2,1-3H3,(H2,19,21,22). The largest absolute Gasteiger partial charge is 0.497 e. The number of nitrogens with two attached hydrogens (primary N) is 1. The van der Waals surface area contributed by atoms with Gasteiger partial charge in [0.25, 0.3) is 0 Å². The van der Waals surface area contributed by atoms with Gasteiger partial charge < -0.3 is 15.4 Å². The molecule has 6 heteroatoms. The summed E-state index contributed by atoms with van der Waals surface area (Å²) in [6, 6.07) is 7.74. The summed E-state index contributed by atoms with van der Waals surface area (Å²) >= 11 is 0. The molecule has 3 rings (SSSR count). The quantitative estimate of drug-likeness (QED) is 0.853. The summed E-state index contributed by atoms with van der Waals surface area (Å²) in [5, 5.41) is 0. The highest BCUT2D eigenvalue weighted by atomic mass is 16.5. The number of aromatic nitrogens is 2. The molecule has 0 saturated carbocycles. The lowest BCUT2D eigenvalue weighted by Crippen LogP contribution is -2.25. The second-order valence-electron chi connectivity index (χ2n) is 5.55. The van der Waals surface area contributed by atoms with Crippen LogP contribution in [0.4, 0.5) is 5.95 Å². The van der Waals surface area contributed by atoms with Crippen LogP contribution in [0.25, 0.3) is 11.3 Å². The molecule has 2 aromatic rings. The van der Waals surface area contributed by atoms with Crippen LogP contribution in [-0.2, 0) is 0 Å². The number of likely N-dealkylation sites (N-methyl/N-ethyl adjacent to an activating group) is 1. The summed E-state index contributed by atoms with van der Waals surface area (Å²) in [6.45, 7) is 2.56. The van der Waals surface area contributed by atoms with Gasteiger partial charge in [0.2, 0.25) is 5.95 Å². The van der Waals surface area contributed by atoms with Crippen LogP contribution in [0.5, 0.6) is 5.75 Å². The molecule has 0 saturated heterocycles. The van der Waals surface area contributed by atoms with E-state index in [-0.39, 0.29) is 12.0 Å². The smallest absolute Gasteiger partial charge is 0.220 e. The van der Waals surface area contributed by atoms with Crippen LogP contribution in [0, 0.1) is 18.8 Å². The van der Waals surface area contributed by atoms with Gasteiger partial charge in [-0.1, -0.05) is 24.0 Å². The zero-order chi connectivity index (χ0) is 17.1. The molecule has 2 heterocycles. The van der Waals surface area contributed by atoms with Gasteiger partial charge in [-0.05, 0) is 19.1 Å². The van der Waals surface area contributed by atoms with Gasteiger partial charge in [0.1, 0.15) is 11.8 Å². The molecule has 1 aromatic carbocycles. The van der Waals surface area contributed by atoms with Crippen LogP contribution >= 0.6 is 0 Å². The van der Waals surface area contributed by atoms with Gasteiger partial charge in [0.15, 0.2) is 0 Å². The molecule has 0 aliphatic carbocycles. The molecule has 0 radical (unpaired) electrons. The molecule has 0 spiro atoms. The van der Waals surface area contributed by atoms with Gasteiger partial charge in [-0.15, -0.1) is 0 Å². The number of methoxy groups -OCH3 is 1. The van der Waals surface area contributed by atoms with Gasteiger partial charge in [0, 0.05) is 12.6 Å². The first kappa shape index (κ1) is 15.8. The van der Waals surface area contributed by atoms with Crippen molar-refractivity contribution in [2.24, 2.45) is 4.99 Å². The van der Waals surface area contributed by atoms with E-state index in [1.165, 1.54) is 0 Å². The molecule has 0 fully saturated rings. The van der Waals surface area contributed by atoms with Crippen LogP contribution in [-0.4, -0.2) is 48.0 Å². The molecule has 122 valence electrons. The molecule has 24 heavy (non-hydrogen) atoms. The molecule has 2 N–H and O–H groups in total. The van der Waals surface area contributed by atoms with Crippen LogP contribution in [0.15, 0.2) is 29.3 Å². The van der Waals surface area contributed by atoms with Crippen molar-refractivity contribution in [3.8, 4) is 28.8 Å². The SMILES string of the molecule is COc1cccc(-c2nc(N)nc(C)c2C#CC2CN=CN2C)c1.